The molecule has 1 rings (SSSR count). The second-order valence-electron chi connectivity index (χ2n) is 5.50. The van der Waals surface area contributed by atoms with Gasteiger partial charge in [-0.15, -0.1) is 0 Å². The van der Waals surface area contributed by atoms with Crippen LogP contribution in [0.1, 0.15) is 32.3 Å². The second-order valence-corrected chi connectivity index (χ2v) is 5.50. The minimum Gasteiger partial charge on any atom is -0.463 e. The van der Waals surface area contributed by atoms with E-state index in [2.05, 4.69) is 20.4 Å². The van der Waals surface area contributed by atoms with Gasteiger partial charge in [-0.2, -0.15) is 0 Å². The molecule has 0 saturated carbocycles. The predicted octanol–water partition coefficient (Wildman–Crippen LogP) is 3.27. The van der Waals surface area contributed by atoms with Crippen LogP contribution >= 0.6 is 0 Å². The van der Waals surface area contributed by atoms with Gasteiger partial charge in [0.15, 0.2) is 0 Å². The van der Waals surface area contributed by atoms with Gasteiger partial charge in [-0.05, 0) is 30.0 Å². The summed E-state index contributed by atoms with van der Waals surface area (Å²) < 4.78 is 15.5. The molecule has 0 aliphatic rings. The molecule has 0 bridgehead atoms. The summed E-state index contributed by atoms with van der Waals surface area (Å²) in [4.78, 5) is 22.5. The molecule has 0 aliphatic carbocycles. The Labute approximate surface area is 137 Å². The first kappa shape index (κ1) is 18.9. The molecule has 1 aromatic rings. The molecular formula is C18H24O5. The third-order valence-corrected chi connectivity index (χ3v) is 2.81. The van der Waals surface area contributed by atoms with Crippen LogP contribution in [-0.2, 0) is 25.7 Å². The first-order chi connectivity index (χ1) is 11.0. The minimum atomic E-state index is -0.492. The lowest BCUT2D eigenvalue weighted by atomic mass is 10.2. The molecule has 0 heterocycles. The third-order valence-electron chi connectivity index (χ3n) is 2.81. The van der Waals surface area contributed by atoms with E-state index in [1.54, 1.807) is 12.1 Å². The van der Waals surface area contributed by atoms with Gasteiger partial charge in [0.05, 0.1) is 13.2 Å². The standard InChI is InChI=1S/C18H24O5/c1-4-17(19)22-11-5-6-18(20)23-16-9-7-15(8-10-16)13-21-12-14(2)3/h4,7-10,14H,1,5-6,11-13H2,2-3H3. The van der Waals surface area contributed by atoms with Crippen LogP contribution in [0, 0.1) is 5.92 Å². The summed E-state index contributed by atoms with van der Waals surface area (Å²) in [6, 6.07) is 7.22. The number of rotatable bonds is 10. The third kappa shape index (κ3) is 8.78. The Morgan fingerprint density at radius 2 is 1.91 bits per heavy atom. The fraction of sp³-hybridized carbons (Fsp3) is 0.444. The van der Waals surface area contributed by atoms with Crippen molar-refractivity contribution in [2.45, 2.75) is 33.3 Å². The molecule has 0 fully saturated rings. The number of benzene rings is 1. The van der Waals surface area contributed by atoms with Crippen LogP contribution in [0.5, 0.6) is 5.75 Å². The molecular weight excluding hydrogens is 296 g/mol. The molecule has 0 aromatic heterocycles. The van der Waals surface area contributed by atoms with Gasteiger partial charge in [-0.1, -0.05) is 32.6 Å². The predicted molar refractivity (Wildman–Crippen MR) is 87.0 cm³/mol. The number of ether oxygens (including phenoxy) is 3. The number of carbonyl (C=O) groups excluding carboxylic acids is 2. The number of hydrogen-bond donors (Lipinski definition) is 0. The fourth-order valence-corrected chi connectivity index (χ4v) is 1.70. The maximum atomic E-state index is 11.7. The normalized spacial score (nSPS) is 10.4. The second kappa shape index (κ2) is 10.6. The highest BCUT2D eigenvalue weighted by atomic mass is 16.5. The highest BCUT2D eigenvalue weighted by Gasteiger charge is 2.06. The van der Waals surface area contributed by atoms with Gasteiger partial charge in [-0.3, -0.25) is 4.79 Å². The van der Waals surface area contributed by atoms with Crippen molar-refractivity contribution in [1.82, 2.24) is 0 Å². The van der Waals surface area contributed by atoms with E-state index in [1.807, 2.05) is 12.1 Å². The Bertz CT molecular complexity index is 505. The summed E-state index contributed by atoms with van der Waals surface area (Å²) in [5, 5.41) is 0. The monoisotopic (exact) mass is 320 g/mol. The van der Waals surface area contributed by atoms with Gasteiger partial charge in [0.2, 0.25) is 0 Å². The van der Waals surface area contributed by atoms with Gasteiger partial charge in [0, 0.05) is 19.1 Å². The molecule has 0 saturated heterocycles. The highest BCUT2D eigenvalue weighted by Crippen LogP contribution is 2.14. The topological polar surface area (TPSA) is 61.8 Å². The summed E-state index contributed by atoms with van der Waals surface area (Å²) in [6.45, 7) is 8.92. The van der Waals surface area contributed by atoms with Crippen LogP contribution in [0.25, 0.3) is 0 Å². The lowest BCUT2D eigenvalue weighted by Gasteiger charge is -2.08. The van der Waals surface area contributed by atoms with Crippen molar-refractivity contribution in [2.24, 2.45) is 5.92 Å². The van der Waals surface area contributed by atoms with Crippen molar-refractivity contribution in [1.29, 1.82) is 0 Å². The van der Waals surface area contributed by atoms with E-state index in [0.29, 0.717) is 31.3 Å². The maximum Gasteiger partial charge on any atom is 0.330 e. The van der Waals surface area contributed by atoms with Gasteiger partial charge >= 0.3 is 11.9 Å². The van der Waals surface area contributed by atoms with E-state index in [9.17, 15) is 9.59 Å². The van der Waals surface area contributed by atoms with E-state index >= 15 is 0 Å². The zero-order valence-corrected chi connectivity index (χ0v) is 13.7. The lowest BCUT2D eigenvalue weighted by molar-refractivity contribution is -0.140. The maximum absolute atomic E-state index is 11.7. The van der Waals surface area contributed by atoms with Gasteiger partial charge in [-0.25, -0.2) is 4.79 Å². The molecule has 0 aliphatic heterocycles. The van der Waals surface area contributed by atoms with Crippen molar-refractivity contribution >= 4 is 11.9 Å². The highest BCUT2D eigenvalue weighted by molar-refractivity contribution is 5.81. The van der Waals surface area contributed by atoms with Crippen molar-refractivity contribution < 1.29 is 23.8 Å². The minimum absolute atomic E-state index is 0.173. The van der Waals surface area contributed by atoms with E-state index in [-0.39, 0.29) is 19.0 Å². The van der Waals surface area contributed by atoms with Crippen LogP contribution in [0.4, 0.5) is 0 Å². The van der Waals surface area contributed by atoms with Crippen molar-refractivity contribution in [2.75, 3.05) is 13.2 Å². The zero-order valence-electron chi connectivity index (χ0n) is 13.7. The van der Waals surface area contributed by atoms with Crippen LogP contribution < -0.4 is 4.74 Å². The summed E-state index contributed by atoms with van der Waals surface area (Å²) in [5.74, 6) is 0.142. The lowest BCUT2D eigenvalue weighted by Crippen LogP contribution is -2.10. The zero-order chi connectivity index (χ0) is 17.1. The van der Waals surface area contributed by atoms with Crippen LogP contribution in [0.15, 0.2) is 36.9 Å². The molecule has 5 nitrogen and oxygen atoms in total. The summed E-state index contributed by atoms with van der Waals surface area (Å²) >= 11 is 0. The molecule has 0 N–H and O–H groups in total. The Balaban J connectivity index is 2.27. The number of esters is 2. The average Bonchev–Trinajstić information content (AvgIpc) is 2.52. The largest absolute Gasteiger partial charge is 0.463 e. The molecule has 0 radical (unpaired) electrons. The Morgan fingerprint density at radius 3 is 2.52 bits per heavy atom. The van der Waals surface area contributed by atoms with E-state index < -0.39 is 5.97 Å². The number of carbonyl (C=O) groups is 2. The van der Waals surface area contributed by atoms with Gasteiger partial charge in [0.1, 0.15) is 5.75 Å². The average molecular weight is 320 g/mol. The SMILES string of the molecule is C=CC(=O)OCCCC(=O)Oc1ccc(COCC(C)C)cc1. The van der Waals surface area contributed by atoms with Crippen LogP contribution in [0.2, 0.25) is 0 Å². The Hall–Kier alpha value is -2.14. The van der Waals surface area contributed by atoms with Crippen molar-refractivity contribution in [3.63, 3.8) is 0 Å². The van der Waals surface area contributed by atoms with E-state index in [0.717, 1.165) is 11.6 Å². The van der Waals surface area contributed by atoms with E-state index in [4.69, 9.17) is 14.2 Å². The molecule has 1 aromatic carbocycles. The first-order valence-electron chi connectivity index (χ1n) is 7.67. The fourth-order valence-electron chi connectivity index (χ4n) is 1.70. The summed E-state index contributed by atoms with van der Waals surface area (Å²) in [7, 11) is 0. The smallest absolute Gasteiger partial charge is 0.330 e. The van der Waals surface area contributed by atoms with Crippen LogP contribution in [0.3, 0.4) is 0 Å². The van der Waals surface area contributed by atoms with E-state index in [1.165, 1.54) is 0 Å². The summed E-state index contributed by atoms with van der Waals surface area (Å²) in [5.41, 5.74) is 1.03. The summed E-state index contributed by atoms with van der Waals surface area (Å²) in [6.07, 6.45) is 1.69. The van der Waals surface area contributed by atoms with Gasteiger partial charge < -0.3 is 14.2 Å². The molecule has 5 heteroatoms. The molecule has 23 heavy (non-hydrogen) atoms. The quantitative estimate of drug-likeness (QED) is 0.286. The Morgan fingerprint density at radius 1 is 1.22 bits per heavy atom. The van der Waals surface area contributed by atoms with Crippen molar-refractivity contribution in [3.8, 4) is 5.75 Å². The Kier molecular flexibility index (Phi) is 8.68. The van der Waals surface area contributed by atoms with Crippen molar-refractivity contribution in [3.05, 3.63) is 42.5 Å². The molecule has 0 atom stereocenters. The first-order valence-corrected chi connectivity index (χ1v) is 7.67. The molecule has 0 amide bonds. The molecule has 126 valence electrons. The van der Waals surface area contributed by atoms with Crippen LogP contribution in [-0.4, -0.2) is 25.2 Å². The van der Waals surface area contributed by atoms with Gasteiger partial charge in [0.25, 0.3) is 0 Å². The number of hydrogen-bond acceptors (Lipinski definition) is 5. The molecule has 0 spiro atoms. The molecule has 0 unspecified atom stereocenters.